The summed E-state index contributed by atoms with van der Waals surface area (Å²) in [5, 5.41) is 6.75. The van der Waals surface area contributed by atoms with E-state index in [1.54, 1.807) is 6.07 Å². The monoisotopic (exact) mass is 352 g/mol. The number of fused-ring (bicyclic) bond motifs is 3. The minimum atomic E-state index is -4.71. The van der Waals surface area contributed by atoms with Crippen LogP contribution in [0.3, 0.4) is 0 Å². The molecule has 10 heteroatoms. The third-order valence-corrected chi connectivity index (χ3v) is 3.38. The van der Waals surface area contributed by atoms with Gasteiger partial charge in [0.1, 0.15) is 0 Å². The van der Waals surface area contributed by atoms with Crippen molar-refractivity contribution in [2.24, 2.45) is 0 Å². The number of benzene rings is 1. The first-order valence-corrected chi connectivity index (χ1v) is 6.91. The van der Waals surface area contributed by atoms with Crippen LogP contribution in [0.2, 0.25) is 0 Å². The zero-order valence-corrected chi connectivity index (χ0v) is 13.0. The number of hydrogen-bond acceptors (Lipinski definition) is 6. The molecular formula is C15H11F3N4O3. The molecule has 3 aromatic rings. The Hall–Kier alpha value is -3.17. The number of nitrogens with zero attached hydrogens (tertiary/aromatic N) is 4. The highest BCUT2D eigenvalue weighted by Crippen LogP contribution is 2.32. The molecule has 0 bridgehead atoms. The summed E-state index contributed by atoms with van der Waals surface area (Å²) < 4.78 is 50.1. The Balaban J connectivity index is 2.30. The number of ether oxygens (including phenoxy) is 2. The van der Waals surface area contributed by atoms with Gasteiger partial charge in [-0.2, -0.15) is 13.2 Å². The number of methoxy groups -OCH3 is 2. The molecule has 1 aromatic carbocycles. The van der Waals surface area contributed by atoms with Gasteiger partial charge in [-0.05, 0) is 23.8 Å². The molecule has 0 aliphatic carbocycles. The molecule has 2 aromatic heterocycles. The second kappa shape index (κ2) is 6.04. The predicted octanol–water partition coefficient (Wildman–Crippen LogP) is 2.49. The lowest BCUT2D eigenvalue weighted by Gasteiger charge is -2.09. The maximum atomic E-state index is 13.3. The van der Waals surface area contributed by atoms with Gasteiger partial charge in [0.15, 0.2) is 0 Å². The molecule has 0 saturated carbocycles. The number of aromatic nitrogens is 4. The first-order valence-electron chi connectivity index (χ1n) is 6.91. The summed E-state index contributed by atoms with van der Waals surface area (Å²) in [5.74, 6) is -1.85. The van der Waals surface area contributed by atoms with Crippen molar-refractivity contribution in [3.63, 3.8) is 0 Å². The van der Waals surface area contributed by atoms with Gasteiger partial charge < -0.3 is 9.47 Å². The van der Waals surface area contributed by atoms with E-state index in [9.17, 15) is 18.0 Å². The summed E-state index contributed by atoms with van der Waals surface area (Å²) in [6, 6.07) is 4.54. The SMILES string of the molecule is COC(=O)C=Cc1ccc2nc(OC)c3nnc(C(F)(F)F)n3c2c1. The molecule has 0 radical (unpaired) electrons. The molecule has 0 aliphatic rings. The van der Waals surface area contributed by atoms with Crippen molar-refractivity contribution in [1.29, 1.82) is 0 Å². The van der Waals surface area contributed by atoms with Gasteiger partial charge in [-0.3, -0.25) is 4.40 Å². The van der Waals surface area contributed by atoms with Gasteiger partial charge >= 0.3 is 12.1 Å². The van der Waals surface area contributed by atoms with Crippen LogP contribution in [0.25, 0.3) is 22.8 Å². The first kappa shape index (κ1) is 16.7. The van der Waals surface area contributed by atoms with Gasteiger partial charge in [-0.1, -0.05) is 6.07 Å². The summed E-state index contributed by atoms with van der Waals surface area (Å²) in [6.07, 6.45) is -2.14. The van der Waals surface area contributed by atoms with Crippen molar-refractivity contribution in [1.82, 2.24) is 19.6 Å². The van der Waals surface area contributed by atoms with E-state index >= 15 is 0 Å². The molecule has 0 unspecified atom stereocenters. The minimum absolute atomic E-state index is 0.0756. The number of halogens is 3. The van der Waals surface area contributed by atoms with Crippen LogP contribution in [0.4, 0.5) is 13.2 Å². The zero-order valence-electron chi connectivity index (χ0n) is 13.0. The van der Waals surface area contributed by atoms with E-state index in [4.69, 9.17) is 4.74 Å². The molecule has 0 saturated heterocycles. The smallest absolute Gasteiger partial charge is 0.452 e. The number of alkyl halides is 3. The summed E-state index contributed by atoms with van der Waals surface area (Å²) in [5.41, 5.74) is 0.703. The molecule has 3 rings (SSSR count). The standard InChI is InChI=1S/C15H11F3N4O3/c1-24-11(23)6-4-8-3-5-9-10(7-8)22-12(13(19-9)25-2)20-21-14(22)15(16,17)18/h3-7H,1-2H3. The molecular weight excluding hydrogens is 341 g/mol. The number of hydrogen-bond donors (Lipinski definition) is 0. The van der Waals surface area contributed by atoms with Gasteiger partial charge in [-0.25, -0.2) is 9.78 Å². The van der Waals surface area contributed by atoms with Crippen LogP contribution in [-0.4, -0.2) is 39.8 Å². The summed E-state index contributed by atoms with van der Waals surface area (Å²) in [7, 11) is 2.50. The molecule has 25 heavy (non-hydrogen) atoms. The fourth-order valence-corrected chi connectivity index (χ4v) is 2.28. The molecule has 0 spiro atoms. The Morgan fingerprint density at radius 3 is 2.64 bits per heavy atom. The predicted molar refractivity (Wildman–Crippen MR) is 80.9 cm³/mol. The van der Waals surface area contributed by atoms with Gasteiger partial charge in [0.2, 0.25) is 11.5 Å². The van der Waals surface area contributed by atoms with E-state index in [1.165, 1.54) is 32.4 Å². The van der Waals surface area contributed by atoms with E-state index in [1.807, 2.05) is 0 Å². The van der Waals surface area contributed by atoms with Gasteiger partial charge in [0.05, 0.1) is 25.3 Å². The number of rotatable bonds is 3. The van der Waals surface area contributed by atoms with E-state index < -0.39 is 18.0 Å². The van der Waals surface area contributed by atoms with Crippen LogP contribution in [-0.2, 0) is 15.7 Å². The van der Waals surface area contributed by atoms with E-state index in [-0.39, 0.29) is 22.6 Å². The van der Waals surface area contributed by atoms with Crippen molar-refractivity contribution in [2.45, 2.75) is 6.18 Å². The lowest BCUT2D eigenvalue weighted by atomic mass is 10.1. The highest BCUT2D eigenvalue weighted by atomic mass is 19.4. The number of carbonyl (C=O) groups is 1. The fourth-order valence-electron chi connectivity index (χ4n) is 2.28. The largest absolute Gasteiger partial charge is 0.478 e. The Morgan fingerprint density at radius 2 is 2.00 bits per heavy atom. The topological polar surface area (TPSA) is 78.6 Å². The molecule has 0 atom stereocenters. The Morgan fingerprint density at radius 1 is 1.24 bits per heavy atom. The Kier molecular flexibility index (Phi) is 4.03. The van der Waals surface area contributed by atoms with E-state index in [2.05, 4.69) is 19.9 Å². The average molecular weight is 352 g/mol. The number of esters is 1. The second-order valence-electron chi connectivity index (χ2n) is 4.91. The van der Waals surface area contributed by atoms with Crippen LogP contribution in [0.15, 0.2) is 24.3 Å². The van der Waals surface area contributed by atoms with E-state index in [0.717, 1.165) is 10.5 Å². The highest BCUT2D eigenvalue weighted by Gasteiger charge is 2.38. The van der Waals surface area contributed by atoms with Crippen molar-refractivity contribution in [3.05, 3.63) is 35.7 Å². The van der Waals surface area contributed by atoms with Crippen molar-refractivity contribution >= 4 is 28.7 Å². The summed E-state index contributed by atoms with van der Waals surface area (Å²) >= 11 is 0. The normalized spacial score (nSPS) is 12.2. The van der Waals surface area contributed by atoms with Crippen LogP contribution >= 0.6 is 0 Å². The maximum absolute atomic E-state index is 13.3. The quantitative estimate of drug-likeness (QED) is 0.532. The van der Waals surface area contributed by atoms with Crippen LogP contribution in [0.5, 0.6) is 5.88 Å². The van der Waals surface area contributed by atoms with Crippen molar-refractivity contribution < 1.29 is 27.4 Å². The molecule has 0 amide bonds. The first-order chi connectivity index (χ1) is 11.8. The lowest BCUT2D eigenvalue weighted by molar-refractivity contribution is -0.145. The lowest BCUT2D eigenvalue weighted by Crippen LogP contribution is -2.12. The Labute approximate surface area is 138 Å². The molecule has 2 heterocycles. The maximum Gasteiger partial charge on any atom is 0.452 e. The van der Waals surface area contributed by atoms with Gasteiger partial charge in [0, 0.05) is 6.08 Å². The Bertz CT molecular complexity index is 995. The fraction of sp³-hybridized carbons (Fsp3) is 0.200. The van der Waals surface area contributed by atoms with Crippen LogP contribution < -0.4 is 4.74 Å². The van der Waals surface area contributed by atoms with Crippen molar-refractivity contribution in [2.75, 3.05) is 14.2 Å². The number of carbonyl (C=O) groups excluding carboxylic acids is 1. The van der Waals surface area contributed by atoms with Crippen molar-refractivity contribution in [3.8, 4) is 5.88 Å². The third kappa shape index (κ3) is 2.97. The average Bonchev–Trinajstić information content (AvgIpc) is 3.04. The minimum Gasteiger partial charge on any atom is -0.478 e. The van der Waals surface area contributed by atoms with Gasteiger partial charge in [-0.15, -0.1) is 10.2 Å². The summed E-state index contributed by atoms with van der Waals surface area (Å²) in [4.78, 5) is 15.3. The molecule has 0 aliphatic heterocycles. The third-order valence-electron chi connectivity index (χ3n) is 3.38. The second-order valence-corrected chi connectivity index (χ2v) is 4.91. The van der Waals surface area contributed by atoms with E-state index in [0.29, 0.717) is 5.56 Å². The van der Waals surface area contributed by atoms with Crippen LogP contribution in [0, 0.1) is 0 Å². The molecule has 130 valence electrons. The summed E-state index contributed by atoms with van der Waals surface area (Å²) in [6.45, 7) is 0. The highest BCUT2D eigenvalue weighted by molar-refractivity contribution is 5.88. The zero-order chi connectivity index (χ0) is 18.2. The molecule has 0 fully saturated rings. The van der Waals surface area contributed by atoms with Gasteiger partial charge in [0.25, 0.3) is 5.88 Å². The van der Waals surface area contributed by atoms with Crippen LogP contribution in [0.1, 0.15) is 11.4 Å². The molecule has 0 N–H and O–H groups in total. The molecule has 7 nitrogen and oxygen atoms in total.